The highest BCUT2D eigenvalue weighted by Gasteiger charge is 2.35. The molecule has 3 aromatic rings. The topological polar surface area (TPSA) is 51.5 Å². The average molecular weight is 415 g/mol. The van der Waals surface area contributed by atoms with Crippen molar-refractivity contribution in [2.45, 2.75) is 27.3 Å². The highest BCUT2D eigenvalue weighted by molar-refractivity contribution is 6.43. The Morgan fingerprint density at radius 3 is 2.35 bits per heavy atom. The Bertz CT molecular complexity index is 1200. The van der Waals surface area contributed by atoms with Crippen molar-refractivity contribution in [1.29, 1.82) is 0 Å². The summed E-state index contributed by atoms with van der Waals surface area (Å²) >= 11 is 0. The summed E-state index contributed by atoms with van der Waals surface area (Å²) in [6.07, 6.45) is 1.90. The molecule has 31 heavy (non-hydrogen) atoms. The summed E-state index contributed by atoms with van der Waals surface area (Å²) in [7, 11) is 1.69. The summed E-state index contributed by atoms with van der Waals surface area (Å²) in [6, 6.07) is 16.8. The lowest BCUT2D eigenvalue weighted by atomic mass is 9.91. The van der Waals surface area contributed by atoms with Gasteiger partial charge in [0.15, 0.2) is 0 Å². The van der Waals surface area contributed by atoms with Crippen molar-refractivity contribution in [2.24, 2.45) is 0 Å². The number of aromatic nitrogens is 1. The van der Waals surface area contributed by atoms with E-state index in [0.29, 0.717) is 29.0 Å². The molecule has 0 bridgehead atoms. The van der Waals surface area contributed by atoms with E-state index in [1.165, 1.54) is 4.90 Å². The summed E-state index contributed by atoms with van der Waals surface area (Å²) in [5.74, 6) is -0.607. The predicted molar refractivity (Wildman–Crippen MR) is 123 cm³/mol. The molecule has 2 amide bonds. The minimum absolute atomic E-state index is 0.297. The van der Waals surface area contributed by atoms with E-state index in [0.717, 1.165) is 29.1 Å². The standard InChI is InChI=1S/C26H26N2O3/c1-17-8-7-9-21(14-17)28-25(29)23-11-6-5-10-22(23)24(26(28)30)16-20-15-18(2)27(19(20)3)12-13-31-4/h5-11,14-16H,12-13H2,1-4H3/b24-16-. The Morgan fingerprint density at radius 1 is 0.903 bits per heavy atom. The minimum atomic E-state index is -0.309. The first kappa shape index (κ1) is 20.8. The van der Waals surface area contributed by atoms with Crippen molar-refractivity contribution < 1.29 is 14.3 Å². The fourth-order valence-electron chi connectivity index (χ4n) is 4.15. The Hall–Kier alpha value is -3.44. The highest BCUT2D eigenvalue weighted by Crippen LogP contribution is 2.34. The smallest absolute Gasteiger partial charge is 0.265 e. The molecular weight excluding hydrogens is 388 g/mol. The van der Waals surface area contributed by atoms with E-state index in [2.05, 4.69) is 10.6 Å². The monoisotopic (exact) mass is 414 g/mol. The molecule has 0 aliphatic carbocycles. The van der Waals surface area contributed by atoms with Gasteiger partial charge in [-0.05, 0) is 67.8 Å². The van der Waals surface area contributed by atoms with Crippen molar-refractivity contribution in [3.05, 3.63) is 88.2 Å². The number of imide groups is 1. The van der Waals surface area contributed by atoms with E-state index in [4.69, 9.17) is 4.74 Å². The van der Waals surface area contributed by atoms with Gasteiger partial charge in [0, 0.05) is 36.2 Å². The Labute approximate surface area is 182 Å². The van der Waals surface area contributed by atoms with Crippen molar-refractivity contribution in [3.63, 3.8) is 0 Å². The van der Waals surface area contributed by atoms with Gasteiger partial charge in [-0.15, -0.1) is 0 Å². The van der Waals surface area contributed by atoms with Crippen LogP contribution in [0.2, 0.25) is 0 Å². The Kier molecular flexibility index (Phi) is 5.61. The first-order valence-corrected chi connectivity index (χ1v) is 10.3. The lowest BCUT2D eigenvalue weighted by molar-refractivity contribution is -0.112. The minimum Gasteiger partial charge on any atom is -0.383 e. The molecule has 5 nitrogen and oxygen atoms in total. The van der Waals surface area contributed by atoms with Crippen LogP contribution in [0, 0.1) is 20.8 Å². The third-order valence-electron chi connectivity index (χ3n) is 5.78. The third-order valence-corrected chi connectivity index (χ3v) is 5.78. The van der Waals surface area contributed by atoms with Crippen LogP contribution in [0.1, 0.15) is 38.4 Å². The van der Waals surface area contributed by atoms with Crippen LogP contribution in [0.5, 0.6) is 0 Å². The molecule has 0 saturated carbocycles. The molecule has 158 valence electrons. The molecule has 0 spiro atoms. The number of benzene rings is 2. The molecular formula is C26H26N2O3. The third kappa shape index (κ3) is 3.73. The van der Waals surface area contributed by atoms with E-state index in [1.807, 2.05) is 63.2 Å². The van der Waals surface area contributed by atoms with E-state index >= 15 is 0 Å². The van der Waals surface area contributed by atoms with Gasteiger partial charge in [-0.2, -0.15) is 0 Å². The van der Waals surface area contributed by atoms with Gasteiger partial charge in [0.1, 0.15) is 0 Å². The molecule has 1 aliphatic rings. The van der Waals surface area contributed by atoms with Crippen LogP contribution in [-0.4, -0.2) is 30.1 Å². The molecule has 1 aliphatic heterocycles. The quantitative estimate of drug-likeness (QED) is 0.446. The second kappa shape index (κ2) is 8.36. The number of carbonyl (C=O) groups is 2. The number of amides is 2. The normalized spacial score (nSPS) is 15.0. The molecule has 0 radical (unpaired) electrons. The average Bonchev–Trinajstić information content (AvgIpc) is 3.02. The van der Waals surface area contributed by atoms with Gasteiger partial charge in [0.25, 0.3) is 11.8 Å². The lowest BCUT2D eigenvalue weighted by Gasteiger charge is -2.29. The van der Waals surface area contributed by atoms with Crippen LogP contribution in [0.25, 0.3) is 11.6 Å². The van der Waals surface area contributed by atoms with Crippen molar-refractivity contribution in [3.8, 4) is 0 Å². The number of ether oxygens (including phenoxy) is 1. The lowest BCUT2D eigenvalue weighted by Crippen LogP contribution is -2.41. The van der Waals surface area contributed by atoms with Gasteiger partial charge in [0.2, 0.25) is 0 Å². The van der Waals surface area contributed by atoms with E-state index < -0.39 is 0 Å². The van der Waals surface area contributed by atoms with E-state index in [9.17, 15) is 9.59 Å². The molecule has 1 aromatic heterocycles. The number of hydrogen-bond acceptors (Lipinski definition) is 3. The molecule has 0 N–H and O–H groups in total. The van der Waals surface area contributed by atoms with Crippen LogP contribution in [0.15, 0.2) is 54.6 Å². The predicted octanol–water partition coefficient (Wildman–Crippen LogP) is 4.79. The molecule has 0 atom stereocenters. The number of fused-ring (bicyclic) bond motifs is 1. The number of nitrogens with zero attached hydrogens (tertiary/aromatic N) is 2. The summed E-state index contributed by atoms with van der Waals surface area (Å²) in [5.41, 5.74) is 6.42. The number of carbonyl (C=O) groups excluding carboxylic acids is 2. The van der Waals surface area contributed by atoms with Gasteiger partial charge < -0.3 is 9.30 Å². The molecule has 4 rings (SSSR count). The highest BCUT2D eigenvalue weighted by atomic mass is 16.5. The van der Waals surface area contributed by atoms with Crippen LogP contribution in [-0.2, 0) is 16.1 Å². The molecule has 2 heterocycles. The Balaban J connectivity index is 1.86. The van der Waals surface area contributed by atoms with Crippen LogP contribution < -0.4 is 4.90 Å². The second-order valence-corrected chi connectivity index (χ2v) is 7.86. The zero-order valence-electron chi connectivity index (χ0n) is 18.3. The first-order valence-electron chi connectivity index (χ1n) is 10.3. The maximum absolute atomic E-state index is 13.6. The fourth-order valence-corrected chi connectivity index (χ4v) is 4.15. The van der Waals surface area contributed by atoms with Crippen molar-refractivity contribution in [2.75, 3.05) is 18.6 Å². The number of methoxy groups -OCH3 is 1. The van der Waals surface area contributed by atoms with Gasteiger partial charge in [-0.25, -0.2) is 4.90 Å². The maximum Gasteiger partial charge on any atom is 0.265 e. The molecule has 0 fully saturated rings. The largest absolute Gasteiger partial charge is 0.383 e. The zero-order chi connectivity index (χ0) is 22.1. The SMILES string of the molecule is COCCn1c(C)cc(/C=C2\C(=O)N(c3cccc(C)c3)C(=O)c3ccccc32)c1C. The number of rotatable bonds is 5. The molecule has 0 saturated heterocycles. The summed E-state index contributed by atoms with van der Waals surface area (Å²) in [4.78, 5) is 28.1. The summed E-state index contributed by atoms with van der Waals surface area (Å²) in [5, 5.41) is 0. The zero-order valence-corrected chi connectivity index (χ0v) is 18.3. The number of anilines is 1. The second-order valence-electron chi connectivity index (χ2n) is 7.86. The van der Waals surface area contributed by atoms with Gasteiger partial charge >= 0.3 is 0 Å². The van der Waals surface area contributed by atoms with Gasteiger partial charge in [-0.1, -0.05) is 30.3 Å². The maximum atomic E-state index is 13.6. The molecule has 5 heteroatoms. The summed E-state index contributed by atoms with van der Waals surface area (Å²) < 4.78 is 7.41. The van der Waals surface area contributed by atoms with E-state index in [-0.39, 0.29) is 11.8 Å². The fraction of sp³-hybridized carbons (Fsp3) is 0.231. The van der Waals surface area contributed by atoms with Crippen LogP contribution in [0.4, 0.5) is 5.69 Å². The Morgan fingerprint density at radius 2 is 1.65 bits per heavy atom. The molecule has 2 aromatic carbocycles. The van der Waals surface area contributed by atoms with Gasteiger partial charge in [0.05, 0.1) is 12.3 Å². The van der Waals surface area contributed by atoms with Crippen LogP contribution in [0.3, 0.4) is 0 Å². The van der Waals surface area contributed by atoms with E-state index in [1.54, 1.807) is 19.2 Å². The van der Waals surface area contributed by atoms with Crippen LogP contribution >= 0.6 is 0 Å². The van der Waals surface area contributed by atoms with Gasteiger partial charge in [-0.3, -0.25) is 9.59 Å². The number of hydrogen-bond donors (Lipinski definition) is 0. The molecule has 0 unspecified atom stereocenters. The first-order chi connectivity index (χ1) is 14.9. The number of aryl methyl sites for hydroxylation is 2. The van der Waals surface area contributed by atoms with Crippen molar-refractivity contribution >= 4 is 29.2 Å². The van der Waals surface area contributed by atoms with Crippen molar-refractivity contribution in [1.82, 2.24) is 4.57 Å². The summed E-state index contributed by atoms with van der Waals surface area (Å²) in [6.45, 7) is 7.39.